The lowest BCUT2D eigenvalue weighted by atomic mass is 10.1. The highest BCUT2D eigenvalue weighted by Crippen LogP contribution is 2.44. The van der Waals surface area contributed by atoms with Crippen molar-refractivity contribution in [1.82, 2.24) is 23.7 Å². The van der Waals surface area contributed by atoms with Crippen LogP contribution in [0.25, 0.3) is 11.0 Å². The molecule has 0 spiro atoms. The van der Waals surface area contributed by atoms with Gasteiger partial charge in [0, 0.05) is 23.2 Å². The molecule has 0 atom stereocenters. The molecule has 28 heavy (non-hydrogen) atoms. The first-order valence-electron chi connectivity index (χ1n) is 7.77. The van der Waals surface area contributed by atoms with E-state index in [1.54, 1.807) is 13.1 Å². The zero-order chi connectivity index (χ0) is 19.7. The van der Waals surface area contributed by atoms with Gasteiger partial charge in [-0.15, -0.1) is 20.5 Å². The molecule has 140 valence electrons. The molecule has 0 saturated carbocycles. The van der Waals surface area contributed by atoms with E-state index in [0.29, 0.717) is 27.0 Å². The predicted octanol–water partition coefficient (Wildman–Crippen LogP) is 4.80. The minimum absolute atomic E-state index is 0.119. The molecule has 11 nitrogen and oxygen atoms in total. The fourth-order valence-electron chi connectivity index (χ4n) is 2.19. The molecule has 0 bridgehead atoms. The minimum Gasteiger partial charge on any atom is -0.505 e. The van der Waals surface area contributed by atoms with E-state index in [1.807, 2.05) is 0 Å². The van der Waals surface area contributed by atoms with Gasteiger partial charge < -0.3 is 10.2 Å². The van der Waals surface area contributed by atoms with Gasteiger partial charge in [0.1, 0.15) is 46.1 Å². The maximum atomic E-state index is 10.3. The monoisotopic (exact) mass is 413 g/mol. The van der Waals surface area contributed by atoms with E-state index in [9.17, 15) is 10.2 Å². The van der Waals surface area contributed by atoms with Gasteiger partial charge in [-0.3, -0.25) is 0 Å². The summed E-state index contributed by atoms with van der Waals surface area (Å²) in [5.74, 6) is 0.160. The minimum atomic E-state index is -0.213. The molecule has 0 radical (unpaired) electrons. The van der Waals surface area contributed by atoms with Gasteiger partial charge in [-0.2, -0.15) is 8.75 Å². The van der Waals surface area contributed by atoms with Gasteiger partial charge in [0.15, 0.2) is 5.00 Å². The quantitative estimate of drug-likeness (QED) is 0.455. The Morgan fingerprint density at radius 1 is 0.929 bits per heavy atom. The number of nitrogens with zero attached hydrogens (tertiary/aromatic N) is 9. The number of rotatable bonds is 4. The van der Waals surface area contributed by atoms with Crippen LogP contribution in [0, 0.1) is 13.8 Å². The Kier molecular flexibility index (Phi) is 4.67. The number of phenolic OH excluding ortho intramolecular Hbond substituents is 2. The largest absolute Gasteiger partial charge is 0.505 e. The summed E-state index contributed by atoms with van der Waals surface area (Å²) >= 11 is 2.19. The van der Waals surface area contributed by atoms with Crippen LogP contribution in [-0.2, 0) is 0 Å². The Bertz CT molecular complexity index is 1230. The van der Waals surface area contributed by atoms with E-state index in [1.165, 1.54) is 19.3 Å². The zero-order valence-electron chi connectivity index (χ0n) is 14.5. The third-order valence-corrected chi connectivity index (χ3v) is 5.03. The van der Waals surface area contributed by atoms with Gasteiger partial charge in [0.05, 0.1) is 6.20 Å². The average molecular weight is 413 g/mol. The van der Waals surface area contributed by atoms with Gasteiger partial charge in [-0.25, -0.2) is 15.0 Å². The molecule has 0 fully saturated rings. The summed E-state index contributed by atoms with van der Waals surface area (Å²) in [4.78, 5) is 12.1. The van der Waals surface area contributed by atoms with E-state index in [4.69, 9.17) is 0 Å². The molecular formula is C15H11N9O2S2. The number of hydrogen-bond acceptors (Lipinski definition) is 13. The second kappa shape index (κ2) is 7.28. The first-order valence-corrected chi connectivity index (χ1v) is 9.32. The molecule has 4 aromatic rings. The molecule has 0 aliphatic carbocycles. The van der Waals surface area contributed by atoms with Crippen LogP contribution in [0.4, 0.5) is 21.5 Å². The summed E-state index contributed by atoms with van der Waals surface area (Å²) in [6.07, 6.45) is 2.97. The van der Waals surface area contributed by atoms with Crippen LogP contribution in [-0.4, -0.2) is 33.9 Å². The Balaban J connectivity index is 1.70. The molecule has 13 heteroatoms. The Hall–Kier alpha value is -3.45. The van der Waals surface area contributed by atoms with Gasteiger partial charge in [0.25, 0.3) is 0 Å². The van der Waals surface area contributed by atoms with Crippen molar-refractivity contribution < 1.29 is 10.2 Å². The summed E-state index contributed by atoms with van der Waals surface area (Å²) in [7, 11) is 0. The number of aromatic nitrogens is 5. The van der Waals surface area contributed by atoms with Crippen LogP contribution >= 0.6 is 23.1 Å². The zero-order valence-corrected chi connectivity index (χ0v) is 16.1. The van der Waals surface area contributed by atoms with Crippen LogP contribution in [0.15, 0.2) is 39.0 Å². The smallest absolute Gasteiger partial charge is 0.249 e. The van der Waals surface area contributed by atoms with E-state index in [-0.39, 0.29) is 28.4 Å². The standard InChI is InChI=1S/C15H11N9O2S2/c1-6-12(25)8(19-21-14-11-10(24-27-14)4-16-5-17-11)3-9(13(6)26)20-22-15-18-7(2)23-28-15/h3-5,25-26H,1-2H3/b21-19+,22-20+. The summed E-state index contributed by atoms with van der Waals surface area (Å²) in [6.45, 7) is 3.28. The van der Waals surface area contributed by atoms with Gasteiger partial charge in [-0.1, -0.05) is 0 Å². The molecule has 3 aromatic heterocycles. The Morgan fingerprint density at radius 2 is 1.68 bits per heavy atom. The summed E-state index contributed by atoms with van der Waals surface area (Å²) < 4.78 is 8.19. The van der Waals surface area contributed by atoms with E-state index >= 15 is 0 Å². The normalized spacial score (nSPS) is 11.9. The number of aryl methyl sites for hydroxylation is 1. The molecule has 0 amide bonds. The molecule has 4 rings (SSSR count). The summed E-state index contributed by atoms with van der Waals surface area (Å²) in [6, 6.07) is 1.37. The highest BCUT2D eigenvalue weighted by Gasteiger charge is 2.15. The number of aromatic hydroxyl groups is 2. The van der Waals surface area contributed by atoms with E-state index < -0.39 is 0 Å². The average Bonchev–Trinajstić information content (AvgIpc) is 3.31. The van der Waals surface area contributed by atoms with Crippen molar-refractivity contribution in [2.75, 3.05) is 0 Å². The first-order chi connectivity index (χ1) is 13.5. The van der Waals surface area contributed by atoms with Crippen molar-refractivity contribution in [3.05, 3.63) is 30.0 Å². The Morgan fingerprint density at radius 3 is 2.39 bits per heavy atom. The van der Waals surface area contributed by atoms with Crippen LogP contribution in [0.1, 0.15) is 11.4 Å². The molecule has 0 unspecified atom stereocenters. The third-order valence-electron chi connectivity index (χ3n) is 3.60. The van der Waals surface area contributed by atoms with Crippen LogP contribution in [0.3, 0.4) is 0 Å². The fraction of sp³-hybridized carbons (Fsp3) is 0.133. The summed E-state index contributed by atoms with van der Waals surface area (Å²) in [5.41, 5.74) is 1.61. The maximum absolute atomic E-state index is 10.3. The van der Waals surface area contributed by atoms with Crippen molar-refractivity contribution in [2.45, 2.75) is 13.8 Å². The van der Waals surface area contributed by atoms with Crippen molar-refractivity contribution in [3.63, 3.8) is 0 Å². The molecule has 2 N–H and O–H groups in total. The van der Waals surface area contributed by atoms with E-state index in [2.05, 4.69) is 44.2 Å². The molecule has 0 aliphatic rings. The predicted molar refractivity (Wildman–Crippen MR) is 103 cm³/mol. The molecule has 0 saturated heterocycles. The van der Waals surface area contributed by atoms with Crippen molar-refractivity contribution in [3.8, 4) is 11.5 Å². The maximum Gasteiger partial charge on any atom is 0.249 e. The van der Waals surface area contributed by atoms with Crippen molar-refractivity contribution in [1.29, 1.82) is 0 Å². The SMILES string of the molecule is Cc1nsc(/N=N/c2cc(/N=N/c3snc4cncnc34)c(O)c(C)c2O)n1. The summed E-state index contributed by atoms with van der Waals surface area (Å²) in [5, 5.41) is 37.5. The van der Waals surface area contributed by atoms with Crippen molar-refractivity contribution in [2.24, 2.45) is 20.5 Å². The molecule has 0 aliphatic heterocycles. The third kappa shape index (κ3) is 3.39. The molecule has 3 heterocycles. The van der Waals surface area contributed by atoms with Gasteiger partial charge in [0.2, 0.25) is 5.13 Å². The lowest BCUT2D eigenvalue weighted by Gasteiger charge is -2.06. The molecular weight excluding hydrogens is 402 g/mol. The second-order valence-corrected chi connectivity index (χ2v) is 6.99. The van der Waals surface area contributed by atoms with E-state index in [0.717, 1.165) is 23.1 Å². The number of azo groups is 2. The first kappa shape index (κ1) is 17.9. The number of phenols is 2. The lowest BCUT2D eigenvalue weighted by Crippen LogP contribution is -1.79. The van der Waals surface area contributed by atoms with Gasteiger partial charge in [-0.05, 0) is 25.4 Å². The lowest BCUT2D eigenvalue weighted by molar-refractivity contribution is 0.445. The number of fused-ring (bicyclic) bond motifs is 1. The number of hydrogen-bond donors (Lipinski definition) is 2. The topological polar surface area (TPSA) is 154 Å². The van der Waals surface area contributed by atoms with Crippen LogP contribution < -0.4 is 0 Å². The fourth-order valence-corrected chi connectivity index (χ4v) is 3.34. The van der Waals surface area contributed by atoms with Gasteiger partial charge >= 0.3 is 0 Å². The van der Waals surface area contributed by atoms with Crippen molar-refractivity contribution >= 4 is 55.6 Å². The van der Waals surface area contributed by atoms with Crippen LogP contribution in [0.2, 0.25) is 0 Å². The molecule has 1 aromatic carbocycles. The second-order valence-electron chi connectivity index (χ2n) is 5.51. The highest BCUT2D eigenvalue weighted by molar-refractivity contribution is 7.11. The number of benzene rings is 1. The Labute approximate surface area is 165 Å². The van der Waals surface area contributed by atoms with Crippen LogP contribution in [0.5, 0.6) is 11.5 Å². The highest BCUT2D eigenvalue weighted by atomic mass is 32.1.